The number of hydrogen-bond donors (Lipinski definition) is 1. The Bertz CT molecular complexity index is 348. The van der Waals surface area contributed by atoms with Crippen LogP contribution in [0.5, 0.6) is 0 Å². The lowest BCUT2D eigenvalue weighted by molar-refractivity contribution is 0.324. The van der Waals surface area contributed by atoms with E-state index in [1.807, 2.05) is 0 Å². The molecule has 2 rings (SSSR count). The molecule has 1 aliphatic rings. The van der Waals surface area contributed by atoms with Gasteiger partial charge in [0.25, 0.3) is 0 Å². The molecule has 0 bridgehead atoms. The highest BCUT2D eigenvalue weighted by atomic mass is 15.1. The molecule has 2 N–H and O–H groups in total. The fraction of sp³-hybridized carbons (Fsp3) is 0.571. The van der Waals surface area contributed by atoms with Crippen molar-refractivity contribution in [2.24, 2.45) is 17.6 Å². The van der Waals surface area contributed by atoms with Crippen LogP contribution in [0, 0.1) is 11.8 Å². The molecule has 2 heteroatoms. The highest BCUT2D eigenvalue weighted by molar-refractivity contribution is 5.49. The first-order valence-electron chi connectivity index (χ1n) is 6.24. The number of anilines is 1. The molecule has 1 aromatic rings. The molecule has 1 heterocycles. The Kier molecular flexibility index (Phi) is 3.49. The van der Waals surface area contributed by atoms with E-state index in [0.29, 0.717) is 6.54 Å². The van der Waals surface area contributed by atoms with Gasteiger partial charge in [-0.3, -0.25) is 0 Å². The molecule has 1 aliphatic heterocycles. The van der Waals surface area contributed by atoms with E-state index in [1.54, 1.807) is 0 Å². The van der Waals surface area contributed by atoms with Crippen molar-refractivity contribution >= 4 is 5.69 Å². The summed E-state index contributed by atoms with van der Waals surface area (Å²) in [4.78, 5) is 2.49. The van der Waals surface area contributed by atoms with Crippen molar-refractivity contribution in [3.63, 3.8) is 0 Å². The molecular weight excluding hydrogens is 196 g/mol. The Labute approximate surface area is 98.4 Å². The second-order valence-corrected chi connectivity index (χ2v) is 5.06. The molecule has 88 valence electrons. The first-order chi connectivity index (χ1) is 7.70. The first kappa shape index (κ1) is 11.5. The van der Waals surface area contributed by atoms with Crippen molar-refractivity contribution in [3.8, 4) is 0 Å². The summed E-state index contributed by atoms with van der Waals surface area (Å²) >= 11 is 0. The van der Waals surface area contributed by atoms with Gasteiger partial charge in [0.15, 0.2) is 0 Å². The Balaban J connectivity index is 2.12. The van der Waals surface area contributed by atoms with Gasteiger partial charge in [-0.1, -0.05) is 26.0 Å². The lowest BCUT2D eigenvalue weighted by Crippen LogP contribution is -2.38. The maximum atomic E-state index is 5.68. The molecule has 0 aromatic heterocycles. The summed E-state index contributed by atoms with van der Waals surface area (Å²) in [6.07, 6.45) is 1.30. The van der Waals surface area contributed by atoms with Crippen LogP contribution in [0.4, 0.5) is 5.69 Å². The van der Waals surface area contributed by atoms with Gasteiger partial charge in [0.05, 0.1) is 0 Å². The Morgan fingerprint density at radius 3 is 2.81 bits per heavy atom. The van der Waals surface area contributed by atoms with E-state index in [2.05, 4.69) is 43.0 Å². The molecule has 0 amide bonds. The van der Waals surface area contributed by atoms with Gasteiger partial charge in [-0.25, -0.2) is 0 Å². The molecule has 1 aromatic carbocycles. The summed E-state index contributed by atoms with van der Waals surface area (Å²) in [5, 5.41) is 0. The molecule has 0 aliphatic carbocycles. The third-order valence-corrected chi connectivity index (χ3v) is 3.85. The van der Waals surface area contributed by atoms with Gasteiger partial charge in [-0.05, 0) is 36.0 Å². The van der Waals surface area contributed by atoms with Gasteiger partial charge in [-0.2, -0.15) is 0 Å². The lowest BCUT2D eigenvalue weighted by Gasteiger charge is -2.37. The summed E-state index contributed by atoms with van der Waals surface area (Å²) < 4.78 is 0. The number of rotatable bonds is 2. The molecule has 2 atom stereocenters. The summed E-state index contributed by atoms with van der Waals surface area (Å²) in [5.41, 5.74) is 8.24. The average Bonchev–Trinajstić information content (AvgIpc) is 2.33. The number of nitrogens with zero attached hydrogens (tertiary/aromatic N) is 1. The van der Waals surface area contributed by atoms with Gasteiger partial charge < -0.3 is 10.6 Å². The number of piperidine rings is 1. The molecule has 16 heavy (non-hydrogen) atoms. The van der Waals surface area contributed by atoms with Crippen LogP contribution >= 0.6 is 0 Å². The minimum Gasteiger partial charge on any atom is -0.371 e. The normalized spacial score (nSPS) is 25.8. The second-order valence-electron chi connectivity index (χ2n) is 5.06. The topological polar surface area (TPSA) is 29.3 Å². The van der Waals surface area contributed by atoms with Gasteiger partial charge in [0.2, 0.25) is 0 Å². The average molecular weight is 218 g/mol. The largest absolute Gasteiger partial charge is 0.371 e. The van der Waals surface area contributed by atoms with Crippen LogP contribution in [0.1, 0.15) is 25.8 Å². The van der Waals surface area contributed by atoms with E-state index < -0.39 is 0 Å². The molecule has 0 spiro atoms. The zero-order valence-corrected chi connectivity index (χ0v) is 10.3. The third kappa shape index (κ3) is 2.38. The van der Waals surface area contributed by atoms with E-state index in [-0.39, 0.29) is 0 Å². The predicted molar refractivity (Wildman–Crippen MR) is 69.5 cm³/mol. The minimum atomic E-state index is 0.633. The zero-order valence-electron chi connectivity index (χ0n) is 10.3. The Morgan fingerprint density at radius 1 is 1.31 bits per heavy atom. The molecule has 0 radical (unpaired) electrons. The van der Waals surface area contributed by atoms with Crippen LogP contribution in [0.3, 0.4) is 0 Å². The molecule has 1 saturated heterocycles. The highest BCUT2D eigenvalue weighted by Crippen LogP contribution is 2.27. The van der Waals surface area contributed by atoms with Crippen molar-refractivity contribution in [1.82, 2.24) is 0 Å². The molecule has 1 fully saturated rings. The molecule has 0 saturated carbocycles. The zero-order chi connectivity index (χ0) is 11.5. The van der Waals surface area contributed by atoms with Gasteiger partial charge in [-0.15, -0.1) is 0 Å². The van der Waals surface area contributed by atoms with E-state index in [0.717, 1.165) is 11.8 Å². The maximum absolute atomic E-state index is 5.68. The smallest absolute Gasteiger partial charge is 0.0369 e. The van der Waals surface area contributed by atoms with E-state index >= 15 is 0 Å². The second kappa shape index (κ2) is 4.88. The quantitative estimate of drug-likeness (QED) is 0.827. The maximum Gasteiger partial charge on any atom is 0.0369 e. The highest BCUT2D eigenvalue weighted by Gasteiger charge is 2.22. The van der Waals surface area contributed by atoms with E-state index in [1.165, 1.54) is 30.8 Å². The van der Waals surface area contributed by atoms with Gasteiger partial charge in [0, 0.05) is 25.3 Å². The van der Waals surface area contributed by atoms with Crippen LogP contribution < -0.4 is 10.6 Å². The first-order valence-corrected chi connectivity index (χ1v) is 6.24. The van der Waals surface area contributed by atoms with Crippen molar-refractivity contribution in [1.29, 1.82) is 0 Å². The van der Waals surface area contributed by atoms with Crippen molar-refractivity contribution in [3.05, 3.63) is 29.8 Å². The van der Waals surface area contributed by atoms with Gasteiger partial charge in [0.1, 0.15) is 0 Å². The fourth-order valence-electron chi connectivity index (χ4n) is 2.38. The molecular formula is C14H22N2. The van der Waals surface area contributed by atoms with Crippen LogP contribution in [0.25, 0.3) is 0 Å². The summed E-state index contributed by atoms with van der Waals surface area (Å²) in [6.45, 7) is 7.70. The Morgan fingerprint density at radius 2 is 2.12 bits per heavy atom. The third-order valence-electron chi connectivity index (χ3n) is 3.85. The molecule has 2 nitrogen and oxygen atoms in total. The summed E-state index contributed by atoms with van der Waals surface area (Å²) in [5.74, 6) is 1.64. The van der Waals surface area contributed by atoms with Crippen molar-refractivity contribution in [2.45, 2.75) is 26.8 Å². The van der Waals surface area contributed by atoms with E-state index in [4.69, 9.17) is 5.73 Å². The SMILES string of the molecule is CC1CCN(c2cccc(CN)c2)CC1C. The monoisotopic (exact) mass is 218 g/mol. The molecule has 2 unspecified atom stereocenters. The summed E-state index contributed by atoms with van der Waals surface area (Å²) in [7, 11) is 0. The van der Waals surface area contributed by atoms with Crippen LogP contribution in [-0.2, 0) is 6.54 Å². The fourth-order valence-corrected chi connectivity index (χ4v) is 2.38. The number of benzene rings is 1. The van der Waals surface area contributed by atoms with Crippen LogP contribution in [0.2, 0.25) is 0 Å². The van der Waals surface area contributed by atoms with Gasteiger partial charge >= 0.3 is 0 Å². The number of nitrogens with two attached hydrogens (primary N) is 1. The van der Waals surface area contributed by atoms with Crippen molar-refractivity contribution in [2.75, 3.05) is 18.0 Å². The van der Waals surface area contributed by atoms with E-state index in [9.17, 15) is 0 Å². The minimum absolute atomic E-state index is 0.633. The van der Waals surface area contributed by atoms with Crippen LogP contribution in [-0.4, -0.2) is 13.1 Å². The summed E-state index contributed by atoms with van der Waals surface area (Å²) in [6, 6.07) is 8.63. The predicted octanol–water partition coefficient (Wildman–Crippen LogP) is 2.63. The van der Waals surface area contributed by atoms with Crippen LogP contribution in [0.15, 0.2) is 24.3 Å². The number of hydrogen-bond acceptors (Lipinski definition) is 2. The van der Waals surface area contributed by atoms with Crippen molar-refractivity contribution < 1.29 is 0 Å². The Hall–Kier alpha value is -1.02. The lowest BCUT2D eigenvalue weighted by atomic mass is 9.88. The standard InChI is InChI=1S/C14H22N2/c1-11-6-7-16(10-12(11)2)14-5-3-4-13(8-14)9-15/h3-5,8,11-12H,6-7,9-10,15H2,1-2H3.